The van der Waals surface area contributed by atoms with E-state index in [2.05, 4.69) is 33.4 Å². The lowest BCUT2D eigenvalue weighted by Crippen LogP contribution is -2.30. The van der Waals surface area contributed by atoms with Crippen molar-refractivity contribution in [2.24, 2.45) is 13.0 Å². The maximum atomic E-state index is 12.0. The number of allylic oxidation sites excluding steroid dienone is 2. The van der Waals surface area contributed by atoms with Gasteiger partial charge in [-0.1, -0.05) is 12.2 Å². The standard InChI is InChI=1S/C13H17BrN2O/c1-16-9-11(14)7-12(16)13(17)15-8-10-5-3-2-4-6-10/h2-3,7,9-10H,4-6,8H2,1H3,(H,15,17). The molecule has 0 spiro atoms. The molecule has 0 fully saturated rings. The lowest BCUT2D eigenvalue weighted by atomic mass is 9.94. The zero-order valence-electron chi connectivity index (χ0n) is 9.95. The first kappa shape index (κ1) is 12.4. The van der Waals surface area contributed by atoms with Gasteiger partial charge in [0.25, 0.3) is 5.91 Å². The fraction of sp³-hybridized carbons (Fsp3) is 0.462. The topological polar surface area (TPSA) is 34.0 Å². The predicted molar refractivity (Wildman–Crippen MR) is 71.9 cm³/mol. The summed E-state index contributed by atoms with van der Waals surface area (Å²) in [5.41, 5.74) is 0.697. The largest absolute Gasteiger partial charge is 0.350 e. The molecule has 0 aromatic carbocycles. The Labute approximate surface area is 110 Å². The molecule has 0 saturated carbocycles. The first-order valence-corrected chi connectivity index (χ1v) is 6.71. The highest BCUT2D eigenvalue weighted by Crippen LogP contribution is 2.17. The van der Waals surface area contributed by atoms with E-state index in [4.69, 9.17) is 0 Å². The fourth-order valence-electron chi connectivity index (χ4n) is 2.12. The van der Waals surface area contributed by atoms with Gasteiger partial charge in [0.1, 0.15) is 5.69 Å². The summed E-state index contributed by atoms with van der Waals surface area (Å²) in [6.45, 7) is 0.770. The molecule has 1 aromatic rings. The second-order valence-electron chi connectivity index (χ2n) is 4.51. The lowest BCUT2D eigenvalue weighted by molar-refractivity contribution is 0.0938. The minimum atomic E-state index is 0.00718. The van der Waals surface area contributed by atoms with Gasteiger partial charge in [-0.05, 0) is 47.2 Å². The Morgan fingerprint density at radius 2 is 2.41 bits per heavy atom. The minimum absolute atomic E-state index is 0.00718. The third-order valence-electron chi connectivity index (χ3n) is 3.13. The van der Waals surface area contributed by atoms with Gasteiger partial charge in [0, 0.05) is 24.3 Å². The van der Waals surface area contributed by atoms with Crippen molar-refractivity contribution in [2.45, 2.75) is 19.3 Å². The van der Waals surface area contributed by atoms with E-state index in [0.29, 0.717) is 11.6 Å². The van der Waals surface area contributed by atoms with Gasteiger partial charge in [0.15, 0.2) is 0 Å². The van der Waals surface area contributed by atoms with Crippen molar-refractivity contribution >= 4 is 21.8 Å². The fourth-order valence-corrected chi connectivity index (χ4v) is 2.64. The average molecular weight is 297 g/mol. The maximum absolute atomic E-state index is 12.0. The first-order chi connectivity index (χ1) is 8.16. The van der Waals surface area contributed by atoms with Gasteiger partial charge < -0.3 is 9.88 Å². The van der Waals surface area contributed by atoms with Crippen LogP contribution < -0.4 is 5.32 Å². The molecule has 1 aromatic heterocycles. The molecule has 4 heteroatoms. The molecule has 1 unspecified atom stereocenters. The Hall–Kier alpha value is -1.03. The Bertz CT molecular complexity index is 437. The predicted octanol–water partition coefficient (Wildman–Crippen LogP) is 2.87. The highest BCUT2D eigenvalue weighted by molar-refractivity contribution is 9.10. The van der Waals surface area contributed by atoms with Crippen LogP contribution >= 0.6 is 15.9 Å². The Morgan fingerprint density at radius 1 is 1.59 bits per heavy atom. The molecular formula is C13H17BrN2O. The second kappa shape index (κ2) is 5.54. The smallest absolute Gasteiger partial charge is 0.267 e. The number of carbonyl (C=O) groups excluding carboxylic acids is 1. The van der Waals surface area contributed by atoms with Crippen molar-refractivity contribution in [3.63, 3.8) is 0 Å². The molecular weight excluding hydrogens is 280 g/mol. The number of hydrogen-bond donors (Lipinski definition) is 1. The van der Waals surface area contributed by atoms with Crippen molar-refractivity contribution < 1.29 is 4.79 Å². The van der Waals surface area contributed by atoms with Crippen LogP contribution in [-0.2, 0) is 7.05 Å². The van der Waals surface area contributed by atoms with E-state index in [1.807, 2.05) is 23.9 Å². The molecule has 1 heterocycles. The van der Waals surface area contributed by atoms with E-state index in [-0.39, 0.29) is 5.91 Å². The van der Waals surface area contributed by atoms with Crippen LogP contribution in [0, 0.1) is 5.92 Å². The number of halogens is 1. The van der Waals surface area contributed by atoms with Gasteiger partial charge in [0.05, 0.1) is 0 Å². The molecule has 92 valence electrons. The summed E-state index contributed by atoms with van der Waals surface area (Å²) in [5, 5.41) is 3.01. The van der Waals surface area contributed by atoms with Crippen molar-refractivity contribution in [3.8, 4) is 0 Å². The van der Waals surface area contributed by atoms with Gasteiger partial charge in [-0.15, -0.1) is 0 Å². The Kier molecular flexibility index (Phi) is 4.05. The molecule has 1 amide bonds. The summed E-state index contributed by atoms with van der Waals surface area (Å²) >= 11 is 3.37. The number of rotatable bonds is 3. The van der Waals surface area contributed by atoms with Gasteiger partial charge in [-0.25, -0.2) is 0 Å². The van der Waals surface area contributed by atoms with E-state index in [1.54, 1.807) is 0 Å². The number of aryl methyl sites for hydroxylation is 1. The van der Waals surface area contributed by atoms with Crippen LogP contribution in [0.25, 0.3) is 0 Å². The number of hydrogen-bond acceptors (Lipinski definition) is 1. The molecule has 0 bridgehead atoms. The number of nitrogens with one attached hydrogen (secondary N) is 1. The molecule has 2 rings (SSSR count). The molecule has 0 radical (unpaired) electrons. The normalized spacial score (nSPS) is 19.3. The maximum Gasteiger partial charge on any atom is 0.267 e. The Morgan fingerprint density at radius 3 is 3.00 bits per heavy atom. The zero-order chi connectivity index (χ0) is 12.3. The third kappa shape index (κ3) is 3.22. The summed E-state index contributed by atoms with van der Waals surface area (Å²) in [4.78, 5) is 12.0. The van der Waals surface area contributed by atoms with Gasteiger partial charge >= 0.3 is 0 Å². The lowest BCUT2D eigenvalue weighted by Gasteiger charge is -2.18. The van der Waals surface area contributed by atoms with E-state index >= 15 is 0 Å². The summed E-state index contributed by atoms with van der Waals surface area (Å²) < 4.78 is 2.77. The van der Waals surface area contributed by atoms with E-state index in [9.17, 15) is 4.79 Å². The molecule has 1 N–H and O–H groups in total. The van der Waals surface area contributed by atoms with Crippen LogP contribution in [0.15, 0.2) is 28.9 Å². The van der Waals surface area contributed by atoms with Crippen molar-refractivity contribution in [2.75, 3.05) is 6.54 Å². The molecule has 1 aliphatic rings. The highest BCUT2D eigenvalue weighted by atomic mass is 79.9. The average Bonchev–Trinajstić information content (AvgIpc) is 2.67. The second-order valence-corrected chi connectivity index (χ2v) is 5.43. The summed E-state index contributed by atoms with van der Waals surface area (Å²) in [6.07, 6.45) is 9.70. The molecule has 0 saturated heterocycles. The van der Waals surface area contributed by atoms with Crippen LogP contribution in [0.3, 0.4) is 0 Å². The summed E-state index contributed by atoms with van der Waals surface area (Å²) in [5.74, 6) is 0.598. The summed E-state index contributed by atoms with van der Waals surface area (Å²) in [6, 6.07) is 1.84. The first-order valence-electron chi connectivity index (χ1n) is 5.92. The number of aromatic nitrogens is 1. The highest BCUT2D eigenvalue weighted by Gasteiger charge is 2.14. The van der Waals surface area contributed by atoms with Crippen molar-refractivity contribution in [1.82, 2.24) is 9.88 Å². The number of nitrogens with zero attached hydrogens (tertiary/aromatic N) is 1. The van der Waals surface area contributed by atoms with Crippen molar-refractivity contribution in [1.29, 1.82) is 0 Å². The van der Waals surface area contributed by atoms with Gasteiger partial charge in [-0.2, -0.15) is 0 Å². The van der Waals surface area contributed by atoms with Crippen LogP contribution in [-0.4, -0.2) is 17.0 Å². The van der Waals surface area contributed by atoms with Crippen LogP contribution in [0.1, 0.15) is 29.8 Å². The molecule has 1 aliphatic carbocycles. The monoisotopic (exact) mass is 296 g/mol. The quantitative estimate of drug-likeness (QED) is 0.855. The molecule has 17 heavy (non-hydrogen) atoms. The third-order valence-corrected chi connectivity index (χ3v) is 3.57. The van der Waals surface area contributed by atoms with Crippen LogP contribution in [0.4, 0.5) is 0 Å². The number of amides is 1. The van der Waals surface area contributed by atoms with Crippen LogP contribution in [0.5, 0.6) is 0 Å². The van der Waals surface area contributed by atoms with E-state index < -0.39 is 0 Å². The molecule has 3 nitrogen and oxygen atoms in total. The van der Waals surface area contributed by atoms with E-state index in [1.165, 1.54) is 6.42 Å². The van der Waals surface area contributed by atoms with Crippen molar-refractivity contribution in [3.05, 3.63) is 34.6 Å². The SMILES string of the molecule is Cn1cc(Br)cc1C(=O)NCC1CC=CCC1. The van der Waals surface area contributed by atoms with E-state index in [0.717, 1.165) is 23.9 Å². The van der Waals surface area contributed by atoms with Gasteiger partial charge in [0.2, 0.25) is 0 Å². The number of carbonyl (C=O) groups is 1. The molecule has 1 atom stereocenters. The van der Waals surface area contributed by atoms with Crippen LogP contribution in [0.2, 0.25) is 0 Å². The molecule has 0 aliphatic heterocycles. The summed E-state index contributed by atoms with van der Waals surface area (Å²) in [7, 11) is 1.88. The minimum Gasteiger partial charge on any atom is -0.350 e. The zero-order valence-corrected chi connectivity index (χ0v) is 11.5. The Balaban J connectivity index is 1.89. The van der Waals surface area contributed by atoms with Gasteiger partial charge in [-0.3, -0.25) is 4.79 Å².